The van der Waals surface area contributed by atoms with Crippen molar-refractivity contribution in [3.63, 3.8) is 0 Å². The van der Waals surface area contributed by atoms with E-state index in [1.165, 1.54) is 33.1 Å². The molecule has 4 rings (SSSR count). The molecule has 1 nitrogen and oxygen atoms in total. The minimum Gasteiger partial charge on any atom is -0.458 e. The van der Waals surface area contributed by atoms with E-state index in [0.29, 0.717) is 0 Å². The summed E-state index contributed by atoms with van der Waals surface area (Å²) in [4.78, 5) is 0. The van der Waals surface area contributed by atoms with Crippen molar-refractivity contribution < 1.29 is 4.74 Å². The van der Waals surface area contributed by atoms with Gasteiger partial charge in [0.15, 0.2) is 0 Å². The Morgan fingerprint density at radius 3 is 2.04 bits per heavy atom. The molecule has 0 fully saturated rings. The number of hydrogen-bond acceptors (Lipinski definition) is 1. The fourth-order valence-corrected chi connectivity index (χ4v) is 3.73. The topological polar surface area (TPSA) is 9.23 Å². The molecule has 3 aromatic carbocycles. The third-order valence-electron chi connectivity index (χ3n) is 4.83. The Kier molecular flexibility index (Phi) is 3.26. The van der Waals surface area contributed by atoms with Crippen LogP contribution in [0.3, 0.4) is 0 Å². The lowest BCUT2D eigenvalue weighted by Gasteiger charge is -2.29. The van der Waals surface area contributed by atoms with E-state index in [1.807, 2.05) is 6.07 Å². The Morgan fingerprint density at radius 2 is 1.26 bits per heavy atom. The maximum absolute atomic E-state index is 6.24. The molecule has 2 heteroatoms. The first kappa shape index (κ1) is 14.1. The third-order valence-corrected chi connectivity index (χ3v) is 4.83. The van der Waals surface area contributed by atoms with Crippen molar-refractivity contribution in [1.29, 1.82) is 0 Å². The van der Waals surface area contributed by atoms with Crippen LogP contribution in [0.4, 0.5) is 0 Å². The molecule has 0 spiro atoms. The smallest absolute Gasteiger partial charge is 0.251 e. The van der Waals surface area contributed by atoms with Crippen LogP contribution in [0.15, 0.2) is 60.7 Å². The maximum atomic E-state index is 6.24. The van der Waals surface area contributed by atoms with E-state index in [4.69, 9.17) is 4.74 Å². The molecule has 1 aliphatic heterocycles. The fourth-order valence-electron chi connectivity index (χ4n) is 3.73. The van der Waals surface area contributed by atoms with E-state index in [1.54, 1.807) is 0 Å². The number of fused-ring (bicyclic) bond motifs is 2. The molecule has 112 valence electrons. The number of para-hydroxylation sites is 2. The molecule has 1 aliphatic rings. The molecule has 0 bridgehead atoms. The summed E-state index contributed by atoms with van der Waals surface area (Å²) < 4.78 is 6.24. The summed E-state index contributed by atoms with van der Waals surface area (Å²) in [6, 6.07) is 21.4. The summed E-state index contributed by atoms with van der Waals surface area (Å²) >= 11 is 0. The molecule has 1 heterocycles. The average Bonchev–Trinajstić information content (AvgIpc) is 2.55. The van der Waals surface area contributed by atoms with Crippen molar-refractivity contribution in [3.8, 4) is 11.5 Å². The summed E-state index contributed by atoms with van der Waals surface area (Å²) in [6.45, 7) is 6.76. The van der Waals surface area contributed by atoms with Crippen LogP contribution in [0, 0.1) is 20.8 Å². The fraction of sp³-hybridized carbons (Fsp3) is 0.143. The quantitative estimate of drug-likeness (QED) is 0.490. The first-order chi connectivity index (χ1) is 11.2. The Bertz CT molecular complexity index is 878. The number of benzene rings is 3. The lowest BCUT2D eigenvalue weighted by molar-refractivity contribution is 0.483. The van der Waals surface area contributed by atoms with Gasteiger partial charge in [-0.25, -0.2) is 0 Å². The Hall–Kier alpha value is -2.48. The van der Waals surface area contributed by atoms with Crippen molar-refractivity contribution in [2.45, 2.75) is 20.8 Å². The zero-order chi connectivity index (χ0) is 16.0. The SMILES string of the molecule is Cc1cccc2c1Oc1ccccc1B2c1c(C)cccc1C. The summed E-state index contributed by atoms with van der Waals surface area (Å²) in [5.74, 6) is 1.99. The zero-order valence-corrected chi connectivity index (χ0v) is 13.8. The lowest BCUT2D eigenvalue weighted by atomic mass is 9.34. The summed E-state index contributed by atoms with van der Waals surface area (Å²) in [5, 5.41) is 0. The highest BCUT2D eigenvalue weighted by atomic mass is 16.5. The summed E-state index contributed by atoms with van der Waals surface area (Å²) in [5.41, 5.74) is 7.77. The standard InChI is InChI=1S/C21H19BO/c1-14-8-6-9-15(2)20(14)22-17-11-4-5-13-19(17)23-21-16(3)10-7-12-18(21)22/h4-13H,1-3H3. The molecule has 23 heavy (non-hydrogen) atoms. The summed E-state index contributed by atoms with van der Waals surface area (Å²) in [6.07, 6.45) is 0. The molecule has 0 N–H and O–H groups in total. The minimum absolute atomic E-state index is 0.232. The highest BCUT2D eigenvalue weighted by Gasteiger charge is 2.34. The first-order valence-corrected chi connectivity index (χ1v) is 8.09. The minimum atomic E-state index is 0.232. The van der Waals surface area contributed by atoms with Crippen molar-refractivity contribution in [3.05, 3.63) is 77.4 Å². The van der Waals surface area contributed by atoms with Crippen LogP contribution in [-0.4, -0.2) is 6.71 Å². The predicted octanol–water partition coefficient (Wildman–Crippen LogP) is 3.23. The monoisotopic (exact) mass is 298 g/mol. The molecule has 0 radical (unpaired) electrons. The molecule has 0 atom stereocenters. The van der Waals surface area contributed by atoms with E-state index >= 15 is 0 Å². The Labute approximate surface area is 138 Å². The van der Waals surface area contributed by atoms with Crippen molar-refractivity contribution in [2.75, 3.05) is 0 Å². The highest BCUT2D eigenvalue weighted by Crippen LogP contribution is 2.27. The Morgan fingerprint density at radius 1 is 0.652 bits per heavy atom. The van der Waals surface area contributed by atoms with Gasteiger partial charge in [-0.15, -0.1) is 0 Å². The molecular weight excluding hydrogens is 279 g/mol. The Balaban J connectivity index is 2.05. The first-order valence-electron chi connectivity index (χ1n) is 8.09. The second-order valence-corrected chi connectivity index (χ2v) is 6.37. The maximum Gasteiger partial charge on any atom is 0.251 e. The van der Waals surface area contributed by atoms with Gasteiger partial charge in [0.1, 0.15) is 11.5 Å². The van der Waals surface area contributed by atoms with Crippen LogP contribution in [-0.2, 0) is 0 Å². The second-order valence-electron chi connectivity index (χ2n) is 6.37. The van der Waals surface area contributed by atoms with E-state index in [2.05, 4.69) is 75.4 Å². The van der Waals surface area contributed by atoms with Crippen molar-refractivity contribution in [2.24, 2.45) is 0 Å². The van der Waals surface area contributed by atoms with Crippen LogP contribution < -0.4 is 21.1 Å². The number of hydrogen-bond donors (Lipinski definition) is 0. The molecule has 0 unspecified atom stereocenters. The van der Waals surface area contributed by atoms with Gasteiger partial charge in [-0.1, -0.05) is 71.2 Å². The van der Waals surface area contributed by atoms with Crippen LogP contribution in [0.1, 0.15) is 16.7 Å². The van der Waals surface area contributed by atoms with Gasteiger partial charge in [0.05, 0.1) is 0 Å². The van der Waals surface area contributed by atoms with Crippen LogP contribution in [0.25, 0.3) is 0 Å². The van der Waals surface area contributed by atoms with E-state index in [0.717, 1.165) is 11.5 Å². The van der Waals surface area contributed by atoms with Crippen LogP contribution in [0.2, 0.25) is 0 Å². The van der Waals surface area contributed by atoms with Gasteiger partial charge in [0.25, 0.3) is 6.71 Å². The van der Waals surface area contributed by atoms with Gasteiger partial charge < -0.3 is 4.74 Å². The predicted molar refractivity (Wildman–Crippen MR) is 98.3 cm³/mol. The zero-order valence-electron chi connectivity index (χ0n) is 13.8. The molecular formula is C21H19BO. The van der Waals surface area contributed by atoms with E-state index < -0.39 is 0 Å². The number of ether oxygens (including phenoxy) is 1. The van der Waals surface area contributed by atoms with Crippen molar-refractivity contribution >= 4 is 23.1 Å². The molecule has 0 saturated carbocycles. The van der Waals surface area contributed by atoms with Gasteiger partial charge >= 0.3 is 0 Å². The average molecular weight is 298 g/mol. The lowest BCUT2D eigenvalue weighted by Crippen LogP contribution is -2.56. The van der Waals surface area contributed by atoms with E-state index in [9.17, 15) is 0 Å². The summed E-state index contributed by atoms with van der Waals surface area (Å²) in [7, 11) is 0. The van der Waals surface area contributed by atoms with Crippen molar-refractivity contribution in [1.82, 2.24) is 0 Å². The van der Waals surface area contributed by atoms with Gasteiger partial charge in [-0.2, -0.15) is 0 Å². The number of rotatable bonds is 1. The molecule has 0 amide bonds. The van der Waals surface area contributed by atoms with Gasteiger partial charge in [-0.3, -0.25) is 0 Å². The third kappa shape index (κ3) is 2.17. The van der Waals surface area contributed by atoms with Crippen LogP contribution >= 0.6 is 0 Å². The van der Waals surface area contributed by atoms with E-state index in [-0.39, 0.29) is 6.71 Å². The normalized spacial score (nSPS) is 12.4. The molecule has 3 aromatic rings. The largest absolute Gasteiger partial charge is 0.458 e. The highest BCUT2D eigenvalue weighted by molar-refractivity contribution is 6.97. The molecule has 0 saturated heterocycles. The number of aryl methyl sites for hydroxylation is 3. The molecule has 0 aromatic heterocycles. The van der Waals surface area contributed by atoms with Gasteiger partial charge in [0.2, 0.25) is 0 Å². The van der Waals surface area contributed by atoms with Gasteiger partial charge in [-0.05, 0) is 43.3 Å². The van der Waals surface area contributed by atoms with Crippen LogP contribution in [0.5, 0.6) is 11.5 Å². The van der Waals surface area contributed by atoms with Gasteiger partial charge in [0, 0.05) is 0 Å². The second kappa shape index (κ2) is 5.31. The molecule has 0 aliphatic carbocycles.